The summed E-state index contributed by atoms with van der Waals surface area (Å²) in [6, 6.07) is 14.3. The number of aromatic nitrogens is 1. The Morgan fingerprint density at radius 3 is 2.44 bits per heavy atom. The van der Waals surface area contributed by atoms with Gasteiger partial charge in [-0.1, -0.05) is 38.1 Å². The molecule has 2 N–H and O–H groups in total. The normalized spacial score (nSPS) is 11.9. The van der Waals surface area contributed by atoms with Crippen molar-refractivity contribution in [2.24, 2.45) is 0 Å². The van der Waals surface area contributed by atoms with Crippen LogP contribution >= 0.6 is 0 Å². The fourth-order valence-electron chi connectivity index (χ4n) is 3.05. The maximum atomic E-state index is 12.8. The molecule has 1 amide bonds. The molecule has 1 heterocycles. The number of aryl methyl sites for hydroxylation is 1. The van der Waals surface area contributed by atoms with Crippen LogP contribution in [-0.4, -0.2) is 36.7 Å². The summed E-state index contributed by atoms with van der Waals surface area (Å²) in [4.78, 5) is 15.9. The van der Waals surface area contributed by atoms with E-state index in [1.54, 1.807) is 39.0 Å². The van der Waals surface area contributed by atoms with Crippen molar-refractivity contribution in [3.63, 3.8) is 0 Å². The number of nitrogens with one attached hydrogen (secondary N) is 2. The molecule has 0 saturated carbocycles. The van der Waals surface area contributed by atoms with E-state index < -0.39 is 10.0 Å². The van der Waals surface area contributed by atoms with Crippen molar-refractivity contribution >= 4 is 32.5 Å². The van der Waals surface area contributed by atoms with Crippen LogP contribution in [0.3, 0.4) is 0 Å². The highest BCUT2D eigenvalue weighted by molar-refractivity contribution is 7.89. The average molecular weight is 385 g/mol. The van der Waals surface area contributed by atoms with Crippen molar-refractivity contribution in [2.45, 2.75) is 25.7 Å². The van der Waals surface area contributed by atoms with Gasteiger partial charge >= 0.3 is 0 Å². The van der Waals surface area contributed by atoms with Gasteiger partial charge in [-0.15, -0.1) is 0 Å². The molecule has 6 nitrogen and oxygen atoms in total. The molecule has 0 spiro atoms. The first kappa shape index (κ1) is 19.1. The molecule has 7 heteroatoms. The second-order valence-electron chi connectivity index (χ2n) is 6.29. The van der Waals surface area contributed by atoms with Crippen LogP contribution < -0.4 is 5.32 Å². The number of rotatable bonds is 6. The maximum Gasteiger partial charge on any atom is 0.272 e. The van der Waals surface area contributed by atoms with Gasteiger partial charge < -0.3 is 10.3 Å². The zero-order valence-electron chi connectivity index (χ0n) is 15.6. The number of anilines is 1. The molecule has 27 heavy (non-hydrogen) atoms. The smallest absolute Gasteiger partial charge is 0.272 e. The minimum absolute atomic E-state index is 0.209. The minimum atomic E-state index is -3.60. The zero-order chi connectivity index (χ0) is 19.6. The van der Waals surface area contributed by atoms with Crippen LogP contribution in [0, 0.1) is 6.92 Å². The third-order valence-corrected chi connectivity index (χ3v) is 6.74. The number of para-hydroxylation sites is 1. The van der Waals surface area contributed by atoms with Crippen molar-refractivity contribution in [1.29, 1.82) is 0 Å². The summed E-state index contributed by atoms with van der Waals surface area (Å²) in [5, 5.41) is 3.72. The Balaban J connectivity index is 1.90. The molecule has 0 aliphatic carbocycles. The Morgan fingerprint density at radius 1 is 1.07 bits per heavy atom. The molecule has 0 saturated heterocycles. The Labute approximate surface area is 159 Å². The Hall–Kier alpha value is -2.64. The number of amides is 1. The molecule has 0 fully saturated rings. The molecule has 1 aromatic heterocycles. The van der Waals surface area contributed by atoms with E-state index in [1.165, 1.54) is 10.4 Å². The number of sulfonamides is 1. The molecule has 142 valence electrons. The van der Waals surface area contributed by atoms with Crippen molar-refractivity contribution in [2.75, 3.05) is 18.4 Å². The molecular weight excluding hydrogens is 362 g/mol. The lowest BCUT2D eigenvalue weighted by Gasteiger charge is -2.20. The second kappa shape index (κ2) is 7.54. The molecule has 3 rings (SSSR count). The third kappa shape index (κ3) is 3.74. The lowest BCUT2D eigenvalue weighted by Crippen LogP contribution is -2.31. The topological polar surface area (TPSA) is 82.3 Å². The van der Waals surface area contributed by atoms with Crippen molar-refractivity contribution in [1.82, 2.24) is 9.29 Å². The summed E-state index contributed by atoms with van der Waals surface area (Å²) in [6.45, 7) is 6.14. The van der Waals surface area contributed by atoms with Crippen LogP contribution in [-0.2, 0) is 10.0 Å². The summed E-state index contributed by atoms with van der Waals surface area (Å²) in [6.07, 6.45) is 0. The van der Waals surface area contributed by atoms with Crippen molar-refractivity contribution in [3.8, 4) is 0 Å². The predicted molar refractivity (Wildman–Crippen MR) is 108 cm³/mol. The Morgan fingerprint density at radius 2 is 1.78 bits per heavy atom. The average Bonchev–Trinajstić information content (AvgIpc) is 3.08. The first-order valence-electron chi connectivity index (χ1n) is 8.86. The summed E-state index contributed by atoms with van der Waals surface area (Å²) < 4.78 is 27.1. The van der Waals surface area contributed by atoms with Gasteiger partial charge in [-0.25, -0.2) is 8.42 Å². The lowest BCUT2D eigenvalue weighted by molar-refractivity contribution is 0.102. The highest BCUT2D eigenvalue weighted by Crippen LogP contribution is 2.24. The van der Waals surface area contributed by atoms with Crippen LogP contribution in [0.2, 0.25) is 0 Å². The fraction of sp³-hybridized carbons (Fsp3) is 0.250. The van der Waals surface area contributed by atoms with Gasteiger partial charge in [0.1, 0.15) is 5.69 Å². The summed E-state index contributed by atoms with van der Waals surface area (Å²) in [5.41, 5.74) is 2.38. The molecular formula is C20H23N3O3S. The maximum absolute atomic E-state index is 12.8. The second-order valence-corrected chi connectivity index (χ2v) is 8.20. The van der Waals surface area contributed by atoms with E-state index in [2.05, 4.69) is 10.3 Å². The van der Waals surface area contributed by atoms with E-state index in [-0.39, 0.29) is 10.8 Å². The van der Waals surface area contributed by atoms with E-state index in [0.29, 0.717) is 30.0 Å². The standard InChI is InChI=1S/C20H23N3O3S/c1-4-23(5-2)27(25,26)19-13-16(11-10-14(19)3)21-20(24)18-12-15-8-6-7-9-17(15)22-18/h6-13,22H,4-5H2,1-3H3,(H,21,24). The molecule has 0 aliphatic heterocycles. The first-order chi connectivity index (χ1) is 12.9. The number of carbonyl (C=O) groups is 1. The monoisotopic (exact) mass is 385 g/mol. The van der Waals surface area contributed by atoms with Gasteiger partial charge in [0, 0.05) is 29.7 Å². The van der Waals surface area contributed by atoms with E-state index in [1.807, 2.05) is 24.3 Å². The number of hydrogen-bond acceptors (Lipinski definition) is 3. The van der Waals surface area contributed by atoms with Gasteiger partial charge in [-0.3, -0.25) is 4.79 Å². The Kier molecular flexibility index (Phi) is 5.34. The number of nitrogens with zero attached hydrogens (tertiary/aromatic N) is 1. The van der Waals surface area contributed by atoms with Gasteiger partial charge in [0.2, 0.25) is 10.0 Å². The first-order valence-corrected chi connectivity index (χ1v) is 10.3. The van der Waals surface area contributed by atoms with Crippen LogP contribution in [0.25, 0.3) is 10.9 Å². The van der Waals surface area contributed by atoms with E-state index >= 15 is 0 Å². The molecule has 0 aliphatic rings. The highest BCUT2D eigenvalue weighted by atomic mass is 32.2. The molecule has 0 unspecified atom stereocenters. The molecule has 2 aromatic carbocycles. The zero-order valence-corrected chi connectivity index (χ0v) is 16.4. The van der Waals surface area contributed by atoms with Crippen LogP contribution in [0.5, 0.6) is 0 Å². The van der Waals surface area contributed by atoms with Crippen LogP contribution in [0.1, 0.15) is 29.9 Å². The van der Waals surface area contributed by atoms with Crippen LogP contribution in [0.15, 0.2) is 53.4 Å². The number of hydrogen-bond donors (Lipinski definition) is 2. The fourth-order valence-corrected chi connectivity index (χ4v) is 4.76. The molecule has 3 aromatic rings. The van der Waals surface area contributed by atoms with Gasteiger partial charge in [-0.05, 0) is 36.8 Å². The number of H-pyrrole nitrogens is 1. The van der Waals surface area contributed by atoms with Gasteiger partial charge in [0.25, 0.3) is 5.91 Å². The molecule has 0 radical (unpaired) electrons. The number of benzene rings is 2. The van der Waals surface area contributed by atoms with Gasteiger partial charge in [0.15, 0.2) is 0 Å². The lowest BCUT2D eigenvalue weighted by atomic mass is 10.2. The highest BCUT2D eigenvalue weighted by Gasteiger charge is 2.24. The quantitative estimate of drug-likeness (QED) is 0.678. The van der Waals surface area contributed by atoms with Gasteiger partial charge in [0.05, 0.1) is 4.90 Å². The third-order valence-electron chi connectivity index (χ3n) is 4.54. The van der Waals surface area contributed by atoms with E-state index in [9.17, 15) is 13.2 Å². The molecule has 0 bridgehead atoms. The van der Waals surface area contributed by atoms with E-state index in [4.69, 9.17) is 0 Å². The molecule has 0 atom stereocenters. The van der Waals surface area contributed by atoms with Crippen molar-refractivity contribution in [3.05, 3.63) is 59.8 Å². The van der Waals surface area contributed by atoms with E-state index in [0.717, 1.165) is 10.9 Å². The summed E-state index contributed by atoms with van der Waals surface area (Å²) in [5.74, 6) is -0.318. The number of fused-ring (bicyclic) bond motifs is 1. The number of aromatic amines is 1. The Bertz CT molecular complexity index is 1050. The SMILES string of the molecule is CCN(CC)S(=O)(=O)c1cc(NC(=O)c2cc3ccccc3[nH]2)ccc1C. The van der Waals surface area contributed by atoms with Crippen LogP contribution in [0.4, 0.5) is 5.69 Å². The van der Waals surface area contributed by atoms with Gasteiger partial charge in [-0.2, -0.15) is 4.31 Å². The minimum Gasteiger partial charge on any atom is -0.351 e. The van der Waals surface area contributed by atoms with Crippen molar-refractivity contribution < 1.29 is 13.2 Å². The number of carbonyl (C=O) groups excluding carboxylic acids is 1. The largest absolute Gasteiger partial charge is 0.351 e. The predicted octanol–water partition coefficient (Wildman–Crippen LogP) is 3.76. The summed E-state index contributed by atoms with van der Waals surface area (Å²) >= 11 is 0. The summed E-state index contributed by atoms with van der Waals surface area (Å²) in [7, 11) is -3.60.